The number of benzene rings is 1. The Morgan fingerprint density at radius 2 is 2.18 bits per heavy atom. The molecular weight excluding hydrogens is 287 g/mol. The molecule has 0 unspecified atom stereocenters. The first-order valence-corrected chi connectivity index (χ1v) is 6.24. The number of nitrogens with one attached hydrogen (secondary N) is 2. The molecule has 0 spiro atoms. The van der Waals surface area contributed by atoms with Gasteiger partial charge < -0.3 is 10.6 Å². The second-order valence-corrected chi connectivity index (χ2v) is 5.03. The van der Waals surface area contributed by atoms with E-state index in [1.54, 1.807) is 12.1 Å². The molecule has 0 aliphatic heterocycles. The van der Waals surface area contributed by atoms with Crippen LogP contribution in [0.4, 0.5) is 10.1 Å². The summed E-state index contributed by atoms with van der Waals surface area (Å²) >= 11 is 3.07. The number of hydrogen-bond acceptors (Lipinski definition) is 2. The predicted octanol–water partition coefficient (Wildman–Crippen LogP) is 2.77. The minimum atomic E-state index is -0.349. The van der Waals surface area contributed by atoms with Crippen molar-refractivity contribution in [3.8, 4) is 0 Å². The Hall–Kier alpha value is -1.10. The first-order valence-electron chi connectivity index (χ1n) is 5.44. The number of anilines is 1. The van der Waals surface area contributed by atoms with Crippen molar-refractivity contribution in [2.24, 2.45) is 5.92 Å². The fourth-order valence-electron chi connectivity index (χ4n) is 1.17. The third kappa shape index (κ3) is 5.17. The van der Waals surface area contributed by atoms with Crippen LogP contribution in [-0.4, -0.2) is 19.0 Å². The van der Waals surface area contributed by atoms with E-state index >= 15 is 0 Å². The zero-order valence-corrected chi connectivity index (χ0v) is 11.5. The summed E-state index contributed by atoms with van der Waals surface area (Å²) in [7, 11) is 0. The highest BCUT2D eigenvalue weighted by Crippen LogP contribution is 2.18. The summed E-state index contributed by atoms with van der Waals surface area (Å²) in [5, 5.41) is 5.64. The molecule has 1 amide bonds. The second-order valence-electron chi connectivity index (χ2n) is 4.18. The quantitative estimate of drug-likeness (QED) is 0.878. The molecule has 1 aromatic rings. The van der Waals surface area contributed by atoms with Crippen LogP contribution in [0.5, 0.6) is 0 Å². The summed E-state index contributed by atoms with van der Waals surface area (Å²) in [6.07, 6.45) is 0. The molecule has 0 radical (unpaired) electrons. The Balaban J connectivity index is 2.39. The molecule has 0 atom stereocenters. The first kappa shape index (κ1) is 14.0. The molecule has 2 N–H and O–H groups in total. The molecule has 0 heterocycles. The van der Waals surface area contributed by atoms with Crippen LogP contribution in [0, 0.1) is 11.7 Å². The minimum absolute atomic E-state index is 0.0953. The van der Waals surface area contributed by atoms with E-state index in [1.807, 2.05) is 13.8 Å². The highest BCUT2D eigenvalue weighted by Gasteiger charge is 2.04. The minimum Gasteiger partial charge on any atom is -0.376 e. The van der Waals surface area contributed by atoms with E-state index in [0.717, 1.165) is 0 Å². The molecule has 0 aliphatic rings. The number of halogens is 2. The molecule has 0 saturated carbocycles. The van der Waals surface area contributed by atoms with Crippen LogP contribution in [0.15, 0.2) is 22.7 Å². The van der Waals surface area contributed by atoms with Gasteiger partial charge in [0.1, 0.15) is 5.82 Å². The Morgan fingerprint density at radius 3 is 2.76 bits per heavy atom. The van der Waals surface area contributed by atoms with Crippen molar-refractivity contribution < 1.29 is 9.18 Å². The van der Waals surface area contributed by atoms with Gasteiger partial charge in [0.05, 0.1) is 11.0 Å². The molecule has 1 rings (SSSR count). The second kappa shape index (κ2) is 6.59. The summed E-state index contributed by atoms with van der Waals surface area (Å²) in [4.78, 5) is 11.4. The van der Waals surface area contributed by atoms with Crippen molar-refractivity contribution in [2.45, 2.75) is 13.8 Å². The zero-order chi connectivity index (χ0) is 12.8. The number of hydrogen-bond donors (Lipinski definition) is 2. The third-order valence-electron chi connectivity index (χ3n) is 2.08. The normalized spacial score (nSPS) is 10.4. The van der Waals surface area contributed by atoms with Gasteiger partial charge in [-0.05, 0) is 40.0 Å². The Morgan fingerprint density at radius 1 is 1.47 bits per heavy atom. The lowest BCUT2D eigenvalue weighted by atomic mass is 10.2. The highest BCUT2D eigenvalue weighted by molar-refractivity contribution is 9.10. The van der Waals surface area contributed by atoms with Crippen molar-refractivity contribution in [1.82, 2.24) is 5.32 Å². The average molecular weight is 303 g/mol. The number of rotatable bonds is 5. The van der Waals surface area contributed by atoms with Gasteiger partial charge in [0.25, 0.3) is 0 Å². The lowest BCUT2D eigenvalue weighted by Gasteiger charge is -2.09. The fraction of sp³-hybridized carbons (Fsp3) is 0.417. The van der Waals surface area contributed by atoms with E-state index < -0.39 is 0 Å². The van der Waals surface area contributed by atoms with Gasteiger partial charge in [-0.15, -0.1) is 0 Å². The summed E-state index contributed by atoms with van der Waals surface area (Å²) in [6, 6.07) is 4.66. The lowest BCUT2D eigenvalue weighted by Crippen LogP contribution is -2.32. The maximum atomic E-state index is 13.2. The van der Waals surface area contributed by atoms with Crippen molar-refractivity contribution in [2.75, 3.05) is 18.4 Å². The van der Waals surface area contributed by atoms with E-state index in [1.165, 1.54) is 6.07 Å². The van der Waals surface area contributed by atoms with Gasteiger partial charge in [-0.25, -0.2) is 4.39 Å². The van der Waals surface area contributed by atoms with Gasteiger partial charge in [-0.1, -0.05) is 13.8 Å². The Kier molecular flexibility index (Phi) is 5.41. The van der Waals surface area contributed by atoms with Gasteiger partial charge in [0, 0.05) is 12.2 Å². The van der Waals surface area contributed by atoms with Crippen LogP contribution in [0.2, 0.25) is 0 Å². The van der Waals surface area contributed by atoms with Crippen LogP contribution in [0.3, 0.4) is 0 Å². The molecule has 0 saturated heterocycles. The van der Waals surface area contributed by atoms with E-state index in [2.05, 4.69) is 26.6 Å². The van der Waals surface area contributed by atoms with Crippen LogP contribution < -0.4 is 10.6 Å². The topological polar surface area (TPSA) is 41.1 Å². The molecule has 1 aromatic carbocycles. The van der Waals surface area contributed by atoms with Gasteiger partial charge in [0.2, 0.25) is 5.91 Å². The molecule has 0 aromatic heterocycles. The maximum absolute atomic E-state index is 13.2. The smallest absolute Gasteiger partial charge is 0.239 e. The number of carbonyl (C=O) groups excluding carboxylic acids is 1. The summed E-state index contributed by atoms with van der Waals surface area (Å²) in [5.74, 6) is -0.0244. The average Bonchev–Trinajstić information content (AvgIpc) is 2.28. The van der Waals surface area contributed by atoms with E-state index in [-0.39, 0.29) is 18.3 Å². The first-order chi connectivity index (χ1) is 7.99. The summed E-state index contributed by atoms with van der Waals surface area (Å²) < 4.78 is 13.6. The largest absolute Gasteiger partial charge is 0.376 e. The van der Waals surface area contributed by atoms with Crippen LogP contribution in [0.1, 0.15) is 13.8 Å². The molecule has 5 heteroatoms. The fourth-order valence-corrected chi connectivity index (χ4v) is 1.42. The van der Waals surface area contributed by atoms with Gasteiger partial charge in [-0.3, -0.25) is 4.79 Å². The van der Waals surface area contributed by atoms with Gasteiger partial charge >= 0.3 is 0 Å². The van der Waals surface area contributed by atoms with Crippen molar-refractivity contribution in [3.63, 3.8) is 0 Å². The van der Waals surface area contributed by atoms with Crippen LogP contribution in [0.25, 0.3) is 0 Å². The number of amides is 1. The van der Waals surface area contributed by atoms with Crippen LogP contribution >= 0.6 is 15.9 Å². The summed E-state index contributed by atoms with van der Waals surface area (Å²) in [5.41, 5.74) is 0.588. The predicted molar refractivity (Wildman–Crippen MR) is 70.4 cm³/mol. The monoisotopic (exact) mass is 302 g/mol. The molecule has 0 fully saturated rings. The summed E-state index contributed by atoms with van der Waals surface area (Å²) in [6.45, 7) is 4.85. The van der Waals surface area contributed by atoms with E-state index in [0.29, 0.717) is 22.6 Å². The molecular formula is C12H16BrFN2O. The molecule has 17 heavy (non-hydrogen) atoms. The third-order valence-corrected chi connectivity index (χ3v) is 2.72. The molecule has 94 valence electrons. The van der Waals surface area contributed by atoms with Crippen LogP contribution in [-0.2, 0) is 4.79 Å². The SMILES string of the molecule is CC(C)CNC(=O)CNc1ccc(Br)c(F)c1. The van der Waals surface area contributed by atoms with E-state index in [9.17, 15) is 9.18 Å². The zero-order valence-electron chi connectivity index (χ0n) is 9.89. The Bertz CT molecular complexity index is 396. The lowest BCUT2D eigenvalue weighted by molar-refractivity contribution is -0.119. The maximum Gasteiger partial charge on any atom is 0.239 e. The van der Waals surface area contributed by atoms with E-state index in [4.69, 9.17) is 0 Å². The molecule has 0 aliphatic carbocycles. The standard InChI is InChI=1S/C12H16BrFN2O/c1-8(2)6-16-12(17)7-15-9-3-4-10(13)11(14)5-9/h3-5,8,15H,6-7H2,1-2H3,(H,16,17). The Labute approximate surface area is 109 Å². The molecule has 3 nitrogen and oxygen atoms in total. The van der Waals surface area contributed by atoms with Gasteiger partial charge in [0.15, 0.2) is 0 Å². The van der Waals surface area contributed by atoms with Crippen molar-refractivity contribution in [3.05, 3.63) is 28.5 Å². The van der Waals surface area contributed by atoms with Crippen molar-refractivity contribution >= 4 is 27.5 Å². The highest BCUT2D eigenvalue weighted by atomic mass is 79.9. The molecule has 0 bridgehead atoms. The van der Waals surface area contributed by atoms with Crippen molar-refractivity contribution in [1.29, 1.82) is 0 Å². The van der Waals surface area contributed by atoms with Gasteiger partial charge in [-0.2, -0.15) is 0 Å². The number of carbonyl (C=O) groups is 1.